The summed E-state index contributed by atoms with van der Waals surface area (Å²) in [4.78, 5) is 0. The largest absolute Gasteiger partial charge is 0.0858 e. The average Bonchev–Trinajstić information content (AvgIpc) is 1.53. The number of hydrogen-bond donors (Lipinski definition) is 0. The summed E-state index contributed by atoms with van der Waals surface area (Å²) in [5.74, 6) is 0. The standard InChI is InChI=1S/C10H17I/c1-8(2,3)10-4-9(5-10,6-10)7-11/h4-7H2,1-3H3. The Morgan fingerprint density at radius 2 is 1.64 bits per heavy atom. The summed E-state index contributed by atoms with van der Waals surface area (Å²) in [5, 5.41) is 0. The first-order valence-electron chi connectivity index (χ1n) is 4.49. The van der Waals surface area contributed by atoms with E-state index in [9.17, 15) is 0 Å². The molecule has 3 aliphatic rings. The van der Waals surface area contributed by atoms with Crippen LogP contribution in [0.1, 0.15) is 40.0 Å². The van der Waals surface area contributed by atoms with Gasteiger partial charge in [0.15, 0.2) is 0 Å². The van der Waals surface area contributed by atoms with Gasteiger partial charge in [0.2, 0.25) is 0 Å². The lowest BCUT2D eigenvalue weighted by molar-refractivity contribution is -0.244. The molecule has 0 saturated heterocycles. The summed E-state index contributed by atoms with van der Waals surface area (Å²) in [5.41, 5.74) is 2.15. The van der Waals surface area contributed by atoms with Gasteiger partial charge in [-0.3, -0.25) is 0 Å². The third kappa shape index (κ3) is 0.866. The molecule has 3 aliphatic carbocycles. The average molecular weight is 264 g/mol. The number of halogens is 1. The molecule has 3 saturated carbocycles. The Balaban J connectivity index is 2.04. The zero-order chi connectivity index (χ0) is 8.33. The molecule has 0 spiro atoms. The maximum Gasteiger partial charge on any atom is 0.00526 e. The fourth-order valence-corrected chi connectivity index (χ4v) is 3.74. The summed E-state index contributed by atoms with van der Waals surface area (Å²) in [6, 6.07) is 0. The lowest BCUT2D eigenvalue weighted by Crippen LogP contribution is -2.67. The molecule has 0 aliphatic heterocycles. The molecule has 1 heteroatoms. The topological polar surface area (TPSA) is 0 Å². The van der Waals surface area contributed by atoms with Crippen LogP contribution in [0, 0.1) is 16.2 Å². The van der Waals surface area contributed by atoms with Crippen LogP contribution < -0.4 is 0 Å². The Labute approximate surface area is 83.3 Å². The Kier molecular flexibility index (Phi) is 1.49. The first-order chi connectivity index (χ1) is 4.93. The minimum Gasteiger partial charge on any atom is -0.0858 e. The number of rotatable bonds is 1. The maximum atomic E-state index is 2.55. The molecule has 64 valence electrons. The van der Waals surface area contributed by atoms with Gasteiger partial charge in [0.05, 0.1) is 0 Å². The molecule has 0 radical (unpaired) electrons. The molecule has 0 N–H and O–H groups in total. The van der Waals surface area contributed by atoms with Gasteiger partial charge in [0, 0.05) is 4.43 Å². The predicted octanol–water partition coefficient (Wildman–Crippen LogP) is 3.64. The van der Waals surface area contributed by atoms with Crippen LogP contribution >= 0.6 is 22.6 Å². The first kappa shape index (κ1) is 8.33. The van der Waals surface area contributed by atoms with Crippen molar-refractivity contribution in [2.75, 3.05) is 4.43 Å². The minimum atomic E-state index is 0.570. The van der Waals surface area contributed by atoms with Crippen molar-refractivity contribution in [2.24, 2.45) is 16.2 Å². The zero-order valence-electron chi connectivity index (χ0n) is 7.71. The Hall–Kier alpha value is 0.730. The van der Waals surface area contributed by atoms with Crippen molar-refractivity contribution in [3.05, 3.63) is 0 Å². The summed E-state index contributed by atoms with van der Waals surface area (Å²) in [7, 11) is 0. The normalized spacial score (nSPS) is 48.0. The van der Waals surface area contributed by atoms with E-state index >= 15 is 0 Å². The number of alkyl halides is 1. The van der Waals surface area contributed by atoms with Crippen LogP contribution in [0.4, 0.5) is 0 Å². The van der Waals surface area contributed by atoms with Crippen molar-refractivity contribution in [1.29, 1.82) is 0 Å². The predicted molar refractivity (Wildman–Crippen MR) is 57.1 cm³/mol. The molecule has 0 aromatic heterocycles. The van der Waals surface area contributed by atoms with Crippen molar-refractivity contribution >= 4 is 22.6 Å². The van der Waals surface area contributed by atoms with Crippen molar-refractivity contribution in [1.82, 2.24) is 0 Å². The molecule has 0 unspecified atom stereocenters. The van der Waals surface area contributed by atoms with Crippen molar-refractivity contribution in [3.63, 3.8) is 0 Å². The summed E-state index contributed by atoms with van der Waals surface area (Å²) in [6.07, 6.45) is 4.56. The zero-order valence-corrected chi connectivity index (χ0v) is 9.86. The van der Waals surface area contributed by atoms with E-state index in [2.05, 4.69) is 43.4 Å². The second-order valence-electron chi connectivity index (χ2n) is 5.69. The molecule has 0 aromatic rings. The highest BCUT2D eigenvalue weighted by molar-refractivity contribution is 14.1. The molecule has 0 heterocycles. The van der Waals surface area contributed by atoms with Gasteiger partial charge in [-0.1, -0.05) is 43.4 Å². The van der Waals surface area contributed by atoms with E-state index < -0.39 is 0 Å². The SMILES string of the molecule is CC(C)(C)C12CC(CI)(C1)C2. The van der Waals surface area contributed by atoms with Gasteiger partial charge < -0.3 is 0 Å². The highest BCUT2D eigenvalue weighted by Gasteiger charge is 2.70. The van der Waals surface area contributed by atoms with Gasteiger partial charge in [-0.25, -0.2) is 0 Å². The van der Waals surface area contributed by atoms with Crippen LogP contribution in [0.2, 0.25) is 0 Å². The Morgan fingerprint density at radius 3 is 1.91 bits per heavy atom. The molecule has 0 amide bonds. The van der Waals surface area contributed by atoms with Crippen molar-refractivity contribution < 1.29 is 0 Å². The first-order valence-corrected chi connectivity index (χ1v) is 6.02. The summed E-state index contributed by atoms with van der Waals surface area (Å²) < 4.78 is 1.39. The fraction of sp³-hybridized carbons (Fsp3) is 1.00. The smallest absolute Gasteiger partial charge is 0.00526 e. The van der Waals surface area contributed by atoms with Crippen LogP contribution in [0.25, 0.3) is 0 Å². The molecule has 11 heavy (non-hydrogen) atoms. The lowest BCUT2D eigenvalue weighted by atomic mass is 9.30. The monoisotopic (exact) mass is 264 g/mol. The van der Waals surface area contributed by atoms with E-state index in [1.54, 1.807) is 0 Å². The van der Waals surface area contributed by atoms with Gasteiger partial charge >= 0.3 is 0 Å². The maximum absolute atomic E-state index is 2.55. The van der Waals surface area contributed by atoms with Crippen LogP contribution in [-0.4, -0.2) is 4.43 Å². The van der Waals surface area contributed by atoms with E-state index in [0.29, 0.717) is 5.41 Å². The lowest BCUT2D eigenvalue weighted by Gasteiger charge is -2.75. The van der Waals surface area contributed by atoms with E-state index in [-0.39, 0.29) is 0 Å². The van der Waals surface area contributed by atoms with Crippen molar-refractivity contribution in [2.45, 2.75) is 40.0 Å². The van der Waals surface area contributed by atoms with Crippen LogP contribution in [-0.2, 0) is 0 Å². The summed E-state index contributed by atoms with van der Waals surface area (Å²) >= 11 is 2.55. The van der Waals surface area contributed by atoms with E-state index in [0.717, 1.165) is 10.8 Å². The fourth-order valence-electron chi connectivity index (χ4n) is 2.94. The van der Waals surface area contributed by atoms with E-state index in [1.807, 2.05) is 0 Å². The van der Waals surface area contributed by atoms with Crippen LogP contribution in [0.15, 0.2) is 0 Å². The molecular weight excluding hydrogens is 247 g/mol. The molecule has 0 atom stereocenters. The quantitative estimate of drug-likeness (QED) is 0.501. The van der Waals surface area contributed by atoms with E-state index in [1.165, 1.54) is 23.7 Å². The molecule has 3 rings (SSSR count). The number of hydrogen-bond acceptors (Lipinski definition) is 0. The molecule has 2 bridgehead atoms. The molecule has 0 aromatic carbocycles. The highest BCUT2D eigenvalue weighted by atomic mass is 127. The second kappa shape index (κ2) is 1.97. The van der Waals surface area contributed by atoms with E-state index in [4.69, 9.17) is 0 Å². The Morgan fingerprint density at radius 1 is 1.18 bits per heavy atom. The third-order valence-electron chi connectivity index (χ3n) is 4.01. The Bertz CT molecular complexity index is 168. The van der Waals surface area contributed by atoms with Gasteiger partial charge in [0.25, 0.3) is 0 Å². The van der Waals surface area contributed by atoms with Gasteiger partial charge in [0.1, 0.15) is 0 Å². The highest BCUT2D eigenvalue weighted by Crippen LogP contribution is 2.79. The van der Waals surface area contributed by atoms with Gasteiger partial charge in [-0.15, -0.1) is 0 Å². The molecular formula is C10H17I. The minimum absolute atomic E-state index is 0.570. The van der Waals surface area contributed by atoms with Gasteiger partial charge in [-0.05, 0) is 35.5 Å². The molecule has 0 nitrogen and oxygen atoms in total. The third-order valence-corrected chi connectivity index (χ3v) is 5.63. The molecule has 3 fully saturated rings. The van der Waals surface area contributed by atoms with Crippen LogP contribution in [0.3, 0.4) is 0 Å². The summed E-state index contributed by atoms with van der Waals surface area (Å²) in [6.45, 7) is 7.22. The second-order valence-corrected chi connectivity index (χ2v) is 6.46. The van der Waals surface area contributed by atoms with Crippen molar-refractivity contribution in [3.8, 4) is 0 Å². The van der Waals surface area contributed by atoms with Gasteiger partial charge in [-0.2, -0.15) is 0 Å². The van der Waals surface area contributed by atoms with Crippen LogP contribution in [0.5, 0.6) is 0 Å².